The minimum Gasteiger partial charge on any atom is -0.481 e. The molecule has 2 N–H and O–H groups in total. The van der Waals surface area contributed by atoms with E-state index in [9.17, 15) is 19.8 Å². The highest BCUT2D eigenvalue weighted by atomic mass is 16.4. The Hall–Kier alpha value is -1.06. The van der Waals surface area contributed by atoms with Crippen molar-refractivity contribution in [2.45, 2.75) is 118 Å². The third-order valence-corrected chi connectivity index (χ3v) is 5.95. The lowest BCUT2D eigenvalue weighted by Crippen LogP contribution is -2.31. The first-order valence-electron chi connectivity index (χ1n) is 10.7. The molecule has 0 saturated carbocycles. The van der Waals surface area contributed by atoms with Gasteiger partial charge >= 0.3 is 11.9 Å². The second-order valence-corrected chi connectivity index (χ2v) is 8.32. The lowest BCUT2D eigenvalue weighted by Gasteiger charge is -2.30. The third-order valence-electron chi connectivity index (χ3n) is 5.95. The van der Waals surface area contributed by atoms with Gasteiger partial charge in [-0.15, -0.1) is 0 Å². The van der Waals surface area contributed by atoms with Crippen molar-refractivity contribution in [2.24, 2.45) is 10.8 Å². The third kappa shape index (κ3) is 8.55. The van der Waals surface area contributed by atoms with E-state index in [1.54, 1.807) is 0 Å². The van der Waals surface area contributed by atoms with E-state index in [0.29, 0.717) is 6.42 Å². The van der Waals surface area contributed by atoms with Crippen LogP contribution in [0.1, 0.15) is 118 Å². The Labute approximate surface area is 160 Å². The molecule has 0 aliphatic heterocycles. The molecule has 0 fully saturated rings. The lowest BCUT2D eigenvalue weighted by molar-refractivity contribution is -0.151. The predicted molar refractivity (Wildman–Crippen MR) is 107 cm³/mol. The molecule has 4 nitrogen and oxygen atoms in total. The van der Waals surface area contributed by atoms with Crippen LogP contribution in [0.15, 0.2) is 0 Å². The minimum absolute atomic E-state index is 0.579. The molecule has 4 heteroatoms. The summed E-state index contributed by atoms with van der Waals surface area (Å²) in [6, 6.07) is 0. The molecular formula is C22H42O4. The van der Waals surface area contributed by atoms with E-state index in [1.807, 2.05) is 6.92 Å². The van der Waals surface area contributed by atoms with Crippen LogP contribution < -0.4 is 0 Å². The Kier molecular flexibility index (Phi) is 12.6. The normalized spacial score (nSPS) is 14.2. The van der Waals surface area contributed by atoms with Gasteiger partial charge in [0.1, 0.15) is 0 Å². The zero-order valence-electron chi connectivity index (χ0n) is 17.6. The maximum Gasteiger partial charge on any atom is 0.309 e. The molecule has 0 aromatic rings. The number of carboxylic acid groups (broad SMARTS) is 2. The monoisotopic (exact) mass is 370 g/mol. The van der Waals surface area contributed by atoms with Gasteiger partial charge in [0.05, 0.1) is 10.8 Å². The van der Waals surface area contributed by atoms with Crippen LogP contribution in [0.4, 0.5) is 0 Å². The highest BCUT2D eigenvalue weighted by molar-refractivity contribution is 5.74. The van der Waals surface area contributed by atoms with Crippen LogP contribution in [0.3, 0.4) is 0 Å². The molecule has 154 valence electrons. The highest BCUT2D eigenvalue weighted by Crippen LogP contribution is 2.38. The Balaban J connectivity index is 4.60. The van der Waals surface area contributed by atoms with E-state index >= 15 is 0 Å². The predicted octanol–water partition coefficient (Wildman–Crippen LogP) is 6.67. The van der Waals surface area contributed by atoms with E-state index in [1.165, 1.54) is 0 Å². The van der Waals surface area contributed by atoms with E-state index in [-0.39, 0.29) is 0 Å². The van der Waals surface area contributed by atoms with Gasteiger partial charge in [-0.1, -0.05) is 78.6 Å². The van der Waals surface area contributed by atoms with Crippen LogP contribution in [0.2, 0.25) is 0 Å². The SMILES string of the molecule is CCCCC(C)(CCCCCC(CCCC)(CCCC)C(=O)O)C(=O)O. The molecule has 0 rings (SSSR count). The molecule has 0 saturated heterocycles. The van der Waals surface area contributed by atoms with Gasteiger partial charge < -0.3 is 10.2 Å². The summed E-state index contributed by atoms with van der Waals surface area (Å²) in [6.45, 7) is 8.15. The quantitative estimate of drug-likeness (QED) is 0.280. The molecule has 26 heavy (non-hydrogen) atoms. The summed E-state index contributed by atoms with van der Waals surface area (Å²) < 4.78 is 0. The van der Waals surface area contributed by atoms with Crippen molar-refractivity contribution < 1.29 is 19.8 Å². The Bertz CT molecular complexity index is 397. The lowest BCUT2D eigenvalue weighted by atomic mass is 9.74. The van der Waals surface area contributed by atoms with Crippen LogP contribution in [0.5, 0.6) is 0 Å². The number of unbranched alkanes of at least 4 members (excludes halogenated alkanes) is 5. The molecule has 0 aromatic heterocycles. The molecule has 1 unspecified atom stereocenters. The average Bonchev–Trinajstić information content (AvgIpc) is 2.61. The molecular weight excluding hydrogens is 328 g/mol. The van der Waals surface area contributed by atoms with Crippen molar-refractivity contribution in [2.75, 3.05) is 0 Å². The molecule has 0 amide bonds. The van der Waals surface area contributed by atoms with Crippen LogP contribution >= 0.6 is 0 Å². The summed E-state index contributed by atoms with van der Waals surface area (Å²) in [5.74, 6) is -1.34. The van der Waals surface area contributed by atoms with Crippen molar-refractivity contribution in [1.29, 1.82) is 0 Å². The molecule has 0 radical (unpaired) electrons. The fourth-order valence-electron chi connectivity index (χ4n) is 3.79. The Morgan fingerprint density at radius 1 is 0.615 bits per heavy atom. The van der Waals surface area contributed by atoms with Crippen molar-refractivity contribution in [3.63, 3.8) is 0 Å². The number of hydrogen-bond acceptors (Lipinski definition) is 2. The summed E-state index contributed by atoms with van der Waals surface area (Å²) in [5, 5.41) is 19.4. The van der Waals surface area contributed by atoms with E-state index < -0.39 is 22.8 Å². The minimum atomic E-state index is -0.697. The summed E-state index contributed by atoms with van der Waals surface area (Å²) in [5.41, 5.74) is -1.21. The van der Waals surface area contributed by atoms with E-state index in [2.05, 4.69) is 20.8 Å². The van der Waals surface area contributed by atoms with Crippen LogP contribution in [-0.2, 0) is 9.59 Å². The van der Waals surface area contributed by atoms with Gasteiger partial charge in [-0.05, 0) is 39.0 Å². The van der Waals surface area contributed by atoms with Gasteiger partial charge in [0.25, 0.3) is 0 Å². The molecule has 0 aliphatic rings. The number of hydrogen-bond donors (Lipinski definition) is 2. The maximum atomic E-state index is 12.0. The summed E-state index contributed by atoms with van der Waals surface area (Å²) in [6.07, 6.45) is 12.3. The highest BCUT2D eigenvalue weighted by Gasteiger charge is 2.36. The number of carboxylic acids is 2. The van der Waals surface area contributed by atoms with Crippen LogP contribution in [0.25, 0.3) is 0 Å². The zero-order chi connectivity index (χ0) is 20.1. The largest absolute Gasteiger partial charge is 0.481 e. The van der Waals surface area contributed by atoms with Crippen LogP contribution in [-0.4, -0.2) is 22.2 Å². The smallest absolute Gasteiger partial charge is 0.309 e. The molecule has 0 bridgehead atoms. The summed E-state index contributed by atoms with van der Waals surface area (Å²) in [7, 11) is 0. The molecule has 0 aromatic carbocycles. The number of carbonyl (C=O) groups is 2. The zero-order valence-corrected chi connectivity index (χ0v) is 17.6. The van der Waals surface area contributed by atoms with Crippen molar-refractivity contribution in [3.8, 4) is 0 Å². The van der Waals surface area contributed by atoms with Gasteiger partial charge in [0, 0.05) is 0 Å². The first-order valence-corrected chi connectivity index (χ1v) is 10.7. The molecule has 0 spiro atoms. The molecule has 0 heterocycles. The van der Waals surface area contributed by atoms with Crippen molar-refractivity contribution in [3.05, 3.63) is 0 Å². The fourth-order valence-corrected chi connectivity index (χ4v) is 3.79. The second-order valence-electron chi connectivity index (χ2n) is 8.32. The van der Waals surface area contributed by atoms with Crippen LogP contribution in [0, 0.1) is 10.8 Å². The Morgan fingerprint density at radius 2 is 1.00 bits per heavy atom. The summed E-state index contributed by atoms with van der Waals surface area (Å²) >= 11 is 0. The van der Waals surface area contributed by atoms with Gasteiger partial charge in [0.15, 0.2) is 0 Å². The summed E-state index contributed by atoms with van der Waals surface area (Å²) in [4.78, 5) is 23.6. The average molecular weight is 371 g/mol. The number of aliphatic carboxylic acids is 2. The second kappa shape index (κ2) is 13.2. The standard InChI is InChI=1S/C22H42O4/c1-5-8-14-21(4,19(23)24)15-12-11-13-18-22(20(25)26,16-9-6-2)17-10-7-3/h5-18H2,1-4H3,(H,23,24)(H,25,26). The van der Waals surface area contributed by atoms with Gasteiger partial charge in [-0.3, -0.25) is 9.59 Å². The fraction of sp³-hybridized carbons (Fsp3) is 0.909. The number of rotatable bonds is 17. The maximum absolute atomic E-state index is 12.0. The Morgan fingerprint density at radius 3 is 1.42 bits per heavy atom. The topological polar surface area (TPSA) is 74.6 Å². The van der Waals surface area contributed by atoms with Gasteiger partial charge in [-0.25, -0.2) is 0 Å². The molecule has 1 atom stereocenters. The van der Waals surface area contributed by atoms with E-state index in [4.69, 9.17) is 0 Å². The van der Waals surface area contributed by atoms with Crippen molar-refractivity contribution >= 4 is 11.9 Å². The first-order chi connectivity index (χ1) is 12.3. The first kappa shape index (κ1) is 24.9. The van der Waals surface area contributed by atoms with E-state index in [0.717, 1.165) is 83.5 Å². The van der Waals surface area contributed by atoms with Gasteiger partial charge in [-0.2, -0.15) is 0 Å². The van der Waals surface area contributed by atoms with Gasteiger partial charge in [0.2, 0.25) is 0 Å². The van der Waals surface area contributed by atoms with Crippen molar-refractivity contribution in [1.82, 2.24) is 0 Å². The molecule has 0 aliphatic carbocycles.